The first-order chi connectivity index (χ1) is 10.1. The van der Waals surface area contributed by atoms with Gasteiger partial charge >= 0.3 is 0 Å². The quantitative estimate of drug-likeness (QED) is 0.479. The van der Waals surface area contributed by atoms with E-state index in [0.29, 0.717) is 23.9 Å². The van der Waals surface area contributed by atoms with Gasteiger partial charge in [0.2, 0.25) is 0 Å². The summed E-state index contributed by atoms with van der Waals surface area (Å²) in [6.07, 6.45) is 6.57. The largest absolute Gasteiger partial charge is 0.387 e. The van der Waals surface area contributed by atoms with Crippen molar-refractivity contribution in [2.45, 2.75) is 18.9 Å². The Labute approximate surface area is 123 Å². The third kappa shape index (κ3) is 3.14. The number of non-ortho nitro benzene ring substituents is 1. The lowest BCUT2D eigenvalue weighted by Gasteiger charge is -2.20. The monoisotopic (exact) mass is 288 g/mol. The van der Waals surface area contributed by atoms with Crippen LogP contribution in [0.15, 0.2) is 36.4 Å². The maximum Gasteiger partial charge on any atom is 0.269 e. The van der Waals surface area contributed by atoms with Crippen LogP contribution in [0, 0.1) is 27.9 Å². The smallest absolute Gasteiger partial charge is 0.269 e. The predicted octanol–water partition coefficient (Wildman–Crippen LogP) is 2.43. The van der Waals surface area contributed by atoms with Crippen molar-refractivity contribution in [3.8, 4) is 0 Å². The van der Waals surface area contributed by atoms with Gasteiger partial charge in [0.15, 0.2) is 0 Å². The van der Waals surface area contributed by atoms with Crippen molar-refractivity contribution in [3.05, 3.63) is 52.1 Å². The molecule has 0 aliphatic heterocycles. The molecule has 4 atom stereocenters. The molecule has 1 saturated carbocycles. The van der Waals surface area contributed by atoms with Crippen molar-refractivity contribution >= 4 is 5.69 Å². The lowest BCUT2D eigenvalue weighted by molar-refractivity contribution is -0.384. The molecule has 5 nitrogen and oxygen atoms in total. The van der Waals surface area contributed by atoms with Gasteiger partial charge in [0.05, 0.1) is 11.0 Å². The third-order valence-corrected chi connectivity index (χ3v) is 4.65. The third-order valence-electron chi connectivity index (χ3n) is 4.65. The minimum Gasteiger partial charge on any atom is -0.387 e. The molecule has 0 saturated heterocycles. The maximum atomic E-state index is 10.6. The predicted molar refractivity (Wildman–Crippen MR) is 79.8 cm³/mol. The lowest BCUT2D eigenvalue weighted by atomic mass is 9.93. The first-order valence-corrected chi connectivity index (χ1v) is 7.45. The molecule has 2 aliphatic rings. The Bertz CT molecular complexity index is 541. The van der Waals surface area contributed by atoms with Gasteiger partial charge in [-0.05, 0) is 54.8 Å². The minimum atomic E-state index is -0.625. The average molecular weight is 288 g/mol. The van der Waals surface area contributed by atoms with E-state index in [1.807, 2.05) is 0 Å². The zero-order chi connectivity index (χ0) is 14.8. The summed E-state index contributed by atoms with van der Waals surface area (Å²) in [5.41, 5.74) is 0.758. The summed E-state index contributed by atoms with van der Waals surface area (Å²) in [6.45, 7) is 1.41. The Morgan fingerprint density at radius 2 is 2.05 bits per heavy atom. The number of nitro benzene ring substituents is 1. The number of hydrogen-bond acceptors (Lipinski definition) is 4. The molecule has 3 rings (SSSR count). The number of aliphatic hydroxyl groups is 1. The molecule has 1 fully saturated rings. The van der Waals surface area contributed by atoms with Crippen LogP contribution in [-0.4, -0.2) is 23.1 Å². The number of nitrogens with one attached hydrogen (secondary N) is 1. The van der Waals surface area contributed by atoms with Gasteiger partial charge in [0.25, 0.3) is 5.69 Å². The summed E-state index contributed by atoms with van der Waals surface area (Å²) in [7, 11) is 0. The molecule has 112 valence electrons. The first-order valence-electron chi connectivity index (χ1n) is 7.45. The molecule has 2 aliphatic carbocycles. The summed E-state index contributed by atoms with van der Waals surface area (Å²) < 4.78 is 0. The summed E-state index contributed by atoms with van der Waals surface area (Å²) >= 11 is 0. The fourth-order valence-corrected chi connectivity index (χ4v) is 3.47. The maximum absolute atomic E-state index is 10.6. The molecular weight excluding hydrogens is 268 g/mol. The van der Waals surface area contributed by atoms with Crippen molar-refractivity contribution in [1.29, 1.82) is 0 Å². The Morgan fingerprint density at radius 1 is 1.29 bits per heavy atom. The Kier molecular flexibility index (Phi) is 4.03. The van der Waals surface area contributed by atoms with Crippen LogP contribution in [0.1, 0.15) is 24.5 Å². The molecular formula is C16H20N2O3. The van der Waals surface area contributed by atoms with Gasteiger partial charge in [-0.3, -0.25) is 10.1 Å². The van der Waals surface area contributed by atoms with Crippen LogP contribution >= 0.6 is 0 Å². The molecule has 5 heteroatoms. The van der Waals surface area contributed by atoms with Crippen molar-refractivity contribution in [1.82, 2.24) is 5.32 Å². The average Bonchev–Trinajstić information content (AvgIpc) is 3.10. The van der Waals surface area contributed by atoms with Gasteiger partial charge in [0.1, 0.15) is 0 Å². The molecule has 0 unspecified atom stereocenters. The first kappa shape index (κ1) is 14.2. The van der Waals surface area contributed by atoms with Crippen LogP contribution in [0.3, 0.4) is 0 Å². The highest BCUT2D eigenvalue weighted by Gasteiger charge is 2.35. The number of benzene rings is 1. The van der Waals surface area contributed by atoms with Gasteiger partial charge in [-0.1, -0.05) is 12.2 Å². The van der Waals surface area contributed by atoms with Crippen LogP contribution < -0.4 is 5.32 Å². The number of aliphatic hydroxyl groups excluding tert-OH is 1. The zero-order valence-corrected chi connectivity index (χ0v) is 11.8. The second-order valence-corrected chi connectivity index (χ2v) is 6.06. The highest BCUT2D eigenvalue weighted by Crippen LogP contribution is 2.42. The number of nitrogens with zero attached hydrogens (tertiary/aromatic N) is 1. The fraction of sp³-hybridized carbons (Fsp3) is 0.500. The van der Waals surface area contributed by atoms with E-state index < -0.39 is 11.0 Å². The molecule has 0 aromatic heterocycles. The second-order valence-electron chi connectivity index (χ2n) is 6.06. The fourth-order valence-electron chi connectivity index (χ4n) is 3.47. The molecule has 21 heavy (non-hydrogen) atoms. The number of rotatable bonds is 6. The normalized spacial score (nSPS) is 28.0. The zero-order valence-electron chi connectivity index (χ0n) is 11.8. The number of nitro groups is 1. The van der Waals surface area contributed by atoms with E-state index in [-0.39, 0.29) is 5.69 Å². The van der Waals surface area contributed by atoms with Crippen molar-refractivity contribution in [2.24, 2.45) is 17.8 Å². The summed E-state index contributed by atoms with van der Waals surface area (Å²) in [6, 6.07) is 6.09. The highest BCUT2D eigenvalue weighted by atomic mass is 16.6. The second kappa shape index (κ2) is 5.95. The van der Waals surface area contributed by atoms with Crippen LogP contribution in [0.2, 0.25) is 0 Å². The summed E-state index contributed by atoms with van der Waals surface area (Å²) in [5.74, 6) is 2.16. The summed E-state index contributed by atoms with van der Waals surface area (Å²) in [4.78, 5) is 10.2. The summed E-state index contributed by atoms with van der Waals surface area (Å²) in [5, 5.41) is 24.0. The molecule has 1 aromatic carbocycles. The standard InChI is InChI=1S/C16H20N2O3/c19-16(12-3-5-15(6-4-12)18(20)21)10-17-9-14-8-11-1-2-13(14)7-11/h1-6,11,13-14,16-17,19H,7-10H2/t11-,13-,14-,16+/m0/s1. The van der Waals surface area contributed by atoms with E-state index in [0.717, 1.165) is 12.5 Å². The number of allylic oxidation sites excluding steroid dienone is 2. The topological polar surface area (TPSA) is 75.4 Å². The van der Waals surface area contributed by atoms with E-state index in [4.69, 9.17) is 0 Å². The molecule has 0 spiro atoms. The van der Waals surface area contributed by atoms with E-state index in [9.17, 15) is 15.2 Å². The number of hydrogen-bond donors (Lipinski definition) is 2. The van der Waals surface area contributed by atoms with E-state index in [1.165, 1.54) is 25.0 Å². The van der Waals surface area contributed by atoms with Gasteiger partial charge in [-0.2, -0.15) is 0 Å². The van der Waals surface area contributed by atoms with E-state index in [2.05, 4.69) is 17.5 Å². The van der Waals surface area contributed by atoms with Gasteiger partial charge in [-0.15, -0.1) is 0 Å². The minimum absolute atomic E-state index is 0.0488. The lowest BCUT2D eigenvalue weighted by Crippen LogP contribution is -2.29. The van der Waals surface area contributed by atoms with E-state index in [1.54, 1.807) is 12.1 Å². The van der Waals surface area contributed by atoms with Crippen LogP contribution in [0.5, 0.6) is 0 Å². The van der Waals surface area contributed by atoms with Gasteiger partial charge in [-0.25, -0.2) is 0 Å². The molecule has 1 aromatic rings. The SMILES string of the molecule is O=[N+]([O-])c1ccc([C@H](O)CNC[C@@H]2C[C@H]3C=C[C@H]2C3)cc1. The van der Waals surface area contributed by atoms with Crippen LogP contribution in [-0.2, 0) is 0 Å². The molecule has 0 radical (unpaired) electrons. The van der Waals surface area contributed by atoms with Gasteiger partial charge in [0, 0.05) is 18.7 Å². The molecule has 0 amide bonds. The van der Waals surface area contributed by atoms with Gasteiger partial charge < -0.3 is 10.4 Å². The molecule has 0 heterocycles. The van der Waals surface area contributed by atoms with Crippen molar-refractivity contribution < 1.29 is 10.0 Å². The van der Waals surface area contributed by atoms with Crippen LogP contribution in [0.4, 0.5) is 5.69 Å². The van der Waals surface area contributed by atoms with Crippen LogP contribution in [0.25, 0.3) is 0 Å². The Morgan fingerprint density at radius 3 is 2.62 bits per heavy atom. The Balaban J connectivity index is 1.46. The van der Waals surface area contributed by atoms with Crippen molar-refractivity contribution in [3.63, 3.8) is 0 Å². The number of fused-ring (bicyclic) bond motifs is 2. The van der Waals surface area contributed by atoms with Crippen molar-refractivity contribution in [2.75, 3.05) is 13.1 Å². The highest BCUT2D eigenvalue weighted by molar-refractivity contribution is 5.33. The molecule has 2 bridgehead atoms. The molecule has 2 N–H and O–H groups in total. The Hall–Kier alpha value is -1.72. The van der Waals surface area contributed by atoms with E-state index >= 15 is 0 Å².